The highest BCUT2D eigenvalue weighted by molar-refractivity contribution is 5.56. The third kappa shape index (κ3) is 3.14. The lowest BCUT2D eigenvalue weighted by Gasteiger charge is -2.23. The van der Waals surface area contributed by atoms with E-state index in [9.17, 15) is 10.1 Å². The highest BCUT2D eigenvalue weighted by Crippen LogP contribution is 2.21. The molecular weight excluding hydrogens is 236 g/mol. The van der Waals surface area contributed by atoms with Crippen LogP contribution in [0.15, 0.2) is 12.1 Å². The largest absolute Gasteiger partial charge is 0.374 e. The van der Waals surface area contributed by atoms with Crippen LogP contribution in [0.3, 0.4) is 0 Å². The molecule has 1 saturated heterocycles. The SMILES string of the molecule is Cc1ccc([N+](=O)[O-])c(NCC2CNCCO2)n1. The van der Waals surface area contributed by atoms with Crippen LogP contribution >= 0.6 is 0 Å². The summed E-state index contributed by atoms with van der Waals surface area (Å²) in [5.74, 6) is 0.300. The molecule has 0 saturated carbocycles. The molecule has 0 amide bonds. The zero-order valence-electron chi connectivity index (χ0n) is 10.2. The third-order valence-electron chi connectivity index (χ3n) is 2.71. The summed E-state index contributed by atoms with van der Waals surface area (Å²) in [5, 5.41) is 17.1. The normalized spacial score (nSPS) is 19.5. The van der Waals surface area contributed by atoms with Gasteiger partial charge in [-0.1, -0.05) is 0 Å². The maximum absolute atomic E-state index is 10.9. The second-order valence-electron chi connectivity index (χ2n) is 4.16. The van der Waals surface area contributed by atoms with Crippen LogP contribution in [-0.4, -0.2) is 42.3 Å². The van der Waals surface area contributed by atoms with Gasteiger partial charge in [-0.2, -0.15) is 0 Å². The first-order valence-corrected chi connectivity index (χ1v) is 5.85. The van der Waals surface area contributed by atoms with E-state index >= 15 is 0 Å². The first-order valence-electron chi connectivity index (χ1n) is 5.85. The number of nitro groups is 1. The molecule has 7 heteroatoms. The highest BCUT2D eigenvalue weighted by atomic mass is 16.6. The molecule has 2 heterocycles. The van der Waals surface area contributed by atoms with Crippen molar-refractivity contribution in [1.82, 2.24) is 10.3 Å². The molecule has 0 aliphatic carbocycles. The van der Waals surface area contributed by atoms with Gasteiger partial charge in [0, 0.05) is 31.4 Å². The van der Waals surface area contributed by atoms with Gasteiger partial charge in [-0.05, 0) is 13.0 Å². The molecule has 1 unspecified atom stereocenters. The Morgan fingerprint density at radius 1 is 1.67 bits per heavy atom. The Labute approximate surface area is 105 Å². The van der Waals surface area contributed by atoms with Gasteiger partial charge in [-0.15, -0.1) is 0 Å². The van der Waals surface area contributed by atoms with Gasteiger partial charge < -0.3 is 15.4 Å². The third-order valence-corrected chi connectivity index (χ3v) is 2.71. The molecule has 2 N–H and O–H groups in total. The Morgan fingerprint density at radius 2 is 2.50 bits per heavy atom. The average molecular weight is 252 g/mol. The van der Waals surface area contributed by atoms with Gasteiger partial charge in [-0.3, -0.25) is 10.1 Å². The van der Waals surface area contributed by atoms with Crippen LogP contribution in [0.1, 0.15) is 5.69 Å². The van der Waals surface area contributed by atoms with E-state index in [1.807, 2.05) is 0 Å². The zero-order chi connectivity index (χ0) is 13.0. The van der Waals surface area contributed by atoms with E-state index in [4.69, 9.17) is 4.74 Å². The van der Waals surface area contributed by atoms with Crippen LogP contribution < -0.4 is 10.6 Å². The van der Waals surface area contributed by atoms with Gasteiger partial charge in [-0.25, -0.2) is 4.98 Å². The van der Waals surface area contributed by atoms with E-state index in [0.717, 1.165) is 18.8 Å². The van der Waals surface area contributed by atoms with Crippen LogP contribution in [0.25, 0.3) is 0 Å². The fourth-order valence-corrected chi connectivity index (χ4v) is 1.79. The fourth-order valence-electron chi connectivity index (χ4n) is 1.79. The number of hydrogen-bond acceptors (Lipinski definition) is 6. The van der Waals surface area contributed by atoms with Crippen LogP contribution in [0, 0.1) is 17.0 Å². The molecule has 1 aromatic rings. The summed E-state index contributed by atoms with van der Waals surface area (Å²) < 4.78 is 5.51. The van der Waals surface area contributed by atoms with Crippen LogP contribution in [0.4, 0.5) is 11.5 Å². The molecule has 1 atom stereocenters. The molecule has 1 fully saturated rings. The van der Waals surface area contributed by atoms with Gasteiger partial charge in [0.2, 0.25) is 5.82 Å². The molecule has 1 aliphatic rings. The van der Waals surface area contributed by atoms with Gasteiger partial charge in [0.25, 0.3) is 0 Å². The van der Waals surface area contributed by atoms with Gasteiger partial charge >= 0.3 is 5.69 Å². The van der Waals surface area contributed by atoms with E-state index in [1.165, 1.54) is 6.07 Å². The Bertz CT molecular complexity index is 432. The minimum atomic E-state index is -0.436. The molecule has 18 heavy (non-hydrogen) atoms. The predicted molar refractivity (Wildman–Crippen MR) is 66.7 cm³/mol. The molecule has 1 aromatic heterocycles. The van der Waals surface area contributed by atoms with Crippen LogP contribution in [0.2, 0.25) is 0 Å². The maximum Gasteiger partial charge on any atom is 0.311 e. The van der Waals surface area contributed by atoms with Crippen molar-refractivity contribution in [1.29, 1.82) is 0 Å². The molecular formula is C11H16N4O3. The lowest BCUT2D eigenvalue weighted by atomic mass is 10.3. The van der Waals surface area contributed by atoms with Crippen molar-refractivity contribution in [2.45, 2.75) is 13.0 Å². The van der Waals surface area contributed by atoms with Crippen LogP contribution in [0.5, 0.6) is 0 Å². The van der Waals surface area contributed by atoms with E-state index in [2.05, 4.69) is 15.6 Å². The molecule has 2 rings (SSSR count). The summed E-state index contributed by atoms with van der Waals surface area (Å²) in [6.45, 7) is 4.56. The standard InChI is InChI=1S/C11H16N4O3/c1-8-2-3-10(15(16)17)11(14-8)13-7-9-6-12-4-5-18-9/h2-3,9,12H,4-7H2,1H3,(H,13,14). The van der Waals surface area contributed by atoms with Gasteiger partial charge in [0.1, 0.15) is 0 Å². The lowest BCUT2D eigenvalue weighted by molar-refractivity contribution is -0.384. The van der Waals surface area contributed by atoms with Crippen molar-refractivity contribution in [3.8, 4) is 0 Å². The zero-order valence-corrected chi connectivity index (χ0v) is 10.2. The fraction of sp³-hybridized carbons (Fsp3) is 0.545. The number of ether oxygens (including phenoxy) is 1. The Hall–Kier alpha value is -1.73. The number of nitrogens with one attached hydrogen (secondary N) is 2. The molecule has 0 bridgehead atoms. The Kier molecular flexibility index (Phi) is 4.06. The van der Waals surface area contributed by atoms with Crippen molar-refractivity contribution in [2.24, 2.45) is 0 Å². The smallest absolute Gasteiger partial charge is 0.311 e. The van der Waals surface area contributed by atoms with E-state index in [-0.39, 0.29) is 11.8 Å². The number of rotatable bonds is 4. The van der Waals surface area contributed by atoms with E-state index in [1.54, 1.807) is 13.0 Å². The molecule has 98 valence electrons. The van der Waals surface area contributed by atoms with Crippen molar-refractivity contribution >= 4 is 11.5 Å². The topological polar surface area (TPSA) is 89.3 Å². The number of pyridine rings is 1. The molecule has 0 radical (unpaired) electrons. The number of aryl methyl sites for hydroxylation is 1. The minimum Gasteiger partial charge on any atom is -0.374 e. The highest BCUT2D eigenvalue weighted by Gasteiger charge is 2.18. The summed E-state index contributed by atoms with van der Waals surface area (Å²) in [6, 6.07) is 3.09. The van der Waals surface area contributed by atoms with Crippen molar-refractivity contribution in [3.05, 3.63) is 27.9 Å². The molecule has 0 aromatic carbocycles. The van der Waals surface area contributed by atoms with Crippen LogP contribution in [-0.2, 0) is 4.74 Å². The number of hydrogen-bond donors (Lipinski definition) is 2. The lowest BCUT2D eigenvalue weighted by Crippen LogP contribution is -2.42. The summed E-state index contributed by atoms with van der Waals surface area (Å²) >= 11 is 0. The number of aromatic nitrogens is 1. The van der Waals surface area contributed by atoms with E-state index < -0.39 is 4.92 Å². The first-order chi connectivity index (χ1) is 8.66. The quantitative estimate of drug-likeness (QED) is 0.605. The average Bonchev–Trinajstić information content (AvgIpc) is 2.37. The van der Waals surface area contributed by atoms with Gasteiger partial charge in [0.15, 0.2) is 0 Å². The molecule has 7 nitrogen and oxygen atoms in total. The summed E-state index contributed by atoms with van der Waals surface area (Å²) in [4.78, 5) is 14.6. The van der Waals surface area contributed by atoms with E-state index in [0.29, 0.717) is 19.0 Å². The number of nitrogens with zero attached hydrogens (tertiary/aromatic N) is 2. The van der Waals surface area contributed by atoms with Gasteiger partial charge in [0.05, 0.1) is 17.6 Å². The Balaban J connectivity index is 2.03. The second-order valence-corrected chi connectivity index (χ2v) is 4.16. The minimum absolute atomic E-state index is 0.00984. The number of morpholine rings is 1. The monoisotopic (exact) mass is 252 g/mol. The summed E-state index contributed by atoms with van der Waals surface area (Å²) in [7, 11) is 0. The molecule has 0 spiro atoms. The summed E-state index contributed by atoms with van der Waals surface area (Å²) in [5.41, 5.74) is 0.732. The first kappa shape index (κ1) is 12.7. The van der Waals surface area contributed by atoms with Crippen molar-refractivity contribution in [2.75, 3.05) is 31.6 Å². The van der Waals surface area contributed by atoms with Crippen molar-refractivity contribution in [3.63, 3.8) is 0 Å². The maximum atomic E-state index is 10.9. The Morgan fingerprint density at radius 3 is 3.17 bits per heavy atom. The second kappa shape index (κ2) is 5.74. The molecule has 1 aliphatic heterocycles. The number of anilines is 1. The summed E-state index contributed by atoms with van der Waals surface area (Å²) in [6.07, 6.45) is 0.0145. The van der Waals surface area contributed by atoms with Crippen molar-refractivity contribution < 1.29 is 9.66 Å². The predicted octanol–water partition coefficient (Wildman–Crippen LogP) is 0.699.